The summed E-state index contributed by atoms with van der Waals surface area (Å²) >= 11 is 0. The molecular formula is C20H29N7O. The highest BCUT2D eigenvalue weighted by Crippen LogP contribution is 2.18. The number of carbonyl (C=O) groups is 1. The molecule has 3 rings (SSSR count). The second-order valence-electron chi connectivity index (χ2n) is 7.40. The molecule has 2 heterocycles. The number of hydrogen-bond donors (Lipinski definition) is 2. The number of carbonyl (C=O) groups excluding carboxylic acids is 1. The van der Waals surface area contributed by atoms with Crippen LogP contribution in [0.2, 0.25) is 0 Å². The maximum absolute atomic E-state index is 12.3. The van der Waals surface area contributed by atoms with E-state index in [-0.39, 0.29) is 12.6 Å². The number of amides is 2. The molecule has 150 valence electrons. The fourth-order valence-electron chi connectivity index (χ4n) is 3.06. The number of benzene rings is 1. The molecule has 0 aliphatic carbocycles. The van der Waals surface area contributed by atoms with Gasteiger partial charge in [-0.3, -0.25) is 0 Å². The molecule has 2 aromatic rings. The summed E-state index contributed by atoms with van der Waals surface area (Å²) in [4.78, 5) is 29.9. The van der Waals surface area contributed by atoms with Gasteiger partial charge in [-0.25, -0.2) is 4.79 Å². The minimum absolute atomic E-state index is 0.237. The summed E-state index contributed by atoms with van der Waals surface area (Å²) in [6.45, 7) is 6.21. The van der Waals surface area contributed by atoms with Gasteiger partial charge >= 0.3 is 6.03 Å². The van der Waals surface area contributed by atoms with Crippen LogP contribution >= 0.6 is 0 Å². The monoisotopic (exact) mass is 383 g/mol. The highest BCUT2D eigenvalue weighted by Gasteiger charge is 2.17. The van der Waals surface area contributed by atoms with E-state index in [0.29, 0.717) is 17.7 Å². The van der Waals surface area contributed by atoms with Gasteiger partial charge in [0.1, 0.15) is 0 Å². The van der Waals surface area contributed by atoms with Crippen molar-refractivity contribution in [1.82, 2.24) is 20.3 Å². The minimum atomic E-state index is -0.283. The lowest BCUT2D eigenvalue weighted by molar-refractivity contribution is 0.251. The van der Waals surface area contributed by atoms with Gasteiger partial charge in [0, 0.05) is 32.9 Å². The third-order valence-electron chi connectivity index (χ3n) is 4.87. The van der Waals surface area contributed by atoms with Crippen molar-refractivity contribution in [1.29, 1.82) is 0 Å². The van der Waals surface area contributed by atoms with Crippen molar-refractivity contribution in [2.24, 2.45) is 0 Å². The van der Waals surface area contributed by atoms with Gasteiger partial charge in [0.15, 0.2) is 5.82 Å². The molecule has 2 amide bonds. The van der Waals surface area contributed by atoms with E-state index in [1.165, 1.54) is 12.0 Å². The number of rotatable bonds is 5. The molecule has 28 heavy (non-hydrogen) atoms. The average molecular weight is 384 g/mol. The second-order valence-corrected chi connectivity index (χ2v) is 7.40. The van der Waals surface area contributed by atoms with Crippen molar-refractivity contribution < 1.29 is 4.79 Å². The highest BCUT2D eigenvalue weighted by atomic mass is 16.2. The van der Waals surface area contributed by atoms with Crippen LogP contribution in [-0.4, -0.2) is 48.2 Å². The number of nitrogens with one attached hydrogen (secondary N) is 2. The number of aryl methyl sites for hydroxylation is 2. The van der Waals surface area contributed by atoms with E-state index in [1.807, 2.05) is 51.0 Å². The van der Waals surface area contributed by atoms with Gasteiger partial charge < -0.3 is 20.4 Å². The molecule has 0 saturated carbocycles. The maximum Gasteiger partial charge on any atom is 0.319 e. The van der Waals surface area contributed by atoms with Gasteiger partial charge in [0.2, 0.25) is 11.9 Å². The Bertz CT molecular complexity index is 831. The van der Waals surface area contributed by atoms with Gasteiger partial charge in [-0.15, -0.1) is 0 Å². The maximum atomic E-state index is 12.3. The Labute approximate surface area is 166 Å². The van der Waals surface area contributed by atoms with E-state index >= 15 is 0 Å². The van der Waals surface area contributed by atoms with Gasteiger partial charge in [-0.05, 0) is 56.4 Å². The topological polar surface area (TPSA) is 86.3 Å². The summed E-state index contributed by atoms with van der Waals surface area (Å²) < 4.78 is 0. The fraction of sp³-hybridized carbons (Fsp3) is 0.500. The number of anilines is 3. The Morgan fingerprint density at radius 3 is 2.50 bits per heavy atom. The van der Waals surface area contributed by atoms with Gasteiger partial charge in [-0.1, -0.05) is 6.07 Å². The van der Waals surface area contributed by atoms with Crippen LogP contribution in [0, 0.1) is 13.8 Å². The molecule has 0 bridgehead atoms. The van der Waals surface area contributed by atoms with E-state index in [0.717, 1.165) is 37.2 Å². The summed E-state index contributed by atoms with van der Waals surface area (Å²) in [6, 6.07) is 5.56. The Hall–Kier alpha value is -2.90. The molecule has 8 nitrogen and oxygen atoms in total. The Morgan fingerprint density at radius 1 is 1.07 bits per heavy atom. The molecule has 2 N–H and O–H groups in total. The number of nitrogens with zero attached hydrogens (tertiary/aromatic N) is 5. The molecule has 0 unspecified atom stereocenters. The van der Waals surface area contributed by atoms with Crippen LogP contribution in [0.15, 0.2) is 18.2 Å². The Morgan fingerprint density at radius 2 is 1.82 bits per heavy atom. The molecule has 0 atom stereocenters. The SMILES string of the molecule is Cc1ccc(NC(=O)NCc2nc(N(C)C)nc(N3CCCCC3)n2)cc1C. The van der Waals surface area contributed by atoms with E-state index < -0.39 is 0 Å². The van der Waals surface area contributed by atoms with Gasteiger partial charge in [-0.2, -0.15) is 15.0 Å². The summed E-state index contributed by atoms with van der Waals surface area (Å²) in [5, 5.41) is 5.69. The van der Waals surface area contributed by atoms with Crippen molar-refractivity contribution >= 4 is 23.6 Å². The molecule has 1 aromatic heterocycles. The number of urea groups is 1. The summed E-state index contributed by atoms with van der Waals surface area (Å²) in [7, 11) is 3.80. The predicted octanol–water partition coefficient (Wildman–Crippen LogP) is 2.87. The first kappa shape index (κ1) is 19.9. The first-order chi connectivity index (χ1) is 13.4. The molecule has 1 saturated heterocycles. The van der Waals surface area contributed by atoms with Crippen molar-refractivity contribution in [3.05, 3.63) is 35.2 Å². The fourth-order valence-corrected chi connectivity index (χ4v) is 3.06. The molecule has 0 spiro atoms. The lowest BCUT2D eigenvalue weighted by atomic mass is 10.1. The molecule has 0 radical (unpaired) electrons. The molecule has 1 aliphatic heterocycles. The zero-order valence-corrected chi connectivity index (χ0v) is 17.1. The van der Waals surface area contributed by atoms with Crippen LogP contribution in [0.1, 0.15) is 36.2 Å². The summed E-state index contributed by atoms with van der Waals surface area (Å²) in [5.74, 6) is 1.83. The van der Waals surface area contributed by atoms with Crippen molar-refractivity contribution in [3.63, 3.8) is 0 Å². The van der Waals surface area contributed by atoms with E-state index in [1.54, 1.807) is 0 Å². The average Bonchev–Trinajstić information content (AvgIpc) is 2.69. The first-order valence-corrected chi connectivity index (χ1v) is 9.72. The van der Waals surface area contributed by atoms with Crippen molar-refractivity contribution in [3.8, 4) is 0 Å². The smallest absolute Gasteiger partial charge is 0.319 e. The minimum Gasteiger partial charge on any atom is -0.347 e. The van der Waals surface area contributed by atoms with E-state index in [2.05, 4.69) is 30.5 Å². The van der Waals surface area contributed by atoms with Crippen LogP contribution in [0.5, 0.6) is 0 Å². The van der Waals surface area contributed by atoms with Crippen LogP contribution in [0.25, 0.3) is 0 Å². The third-order valence-corrected chi connectivity index (χ3v) is 4.87. The van der Waals surface area contributed by atoms with Crippen LogP contribution < -0.4 is 20.4 Å². The molecule has 8 heteroatoms. The molecular weight excluding hydrogens is 354 g/mol. The molecule has 1 aliphatic rings. The van der Waals surface area contributed by atoms with E-state index in [4.69, 9.17) is 0 Å². The normalized spacial score (nSPS) is 13.9. The standard InChI is InChI=1S/C20H29N7O/c1-14-8-9-16(12-15(14)2)22-20(28)21-13-17-23-18(26(3)4)25-19(24-17)27-10-6-5-7-11-27/h8-9,12H,5-7,10-11,13H2,1-4H3,(H2,21,22,28). The first-order valence-electron chi connectivity index (χ1n) is 9.72. The predicted molar refractivity (Wildman–Crippen MR) is 112 cm³/mol. The summed E-state index contributed by atoms with van der Waals surface area (Å²) in [5.41, 5.74) is 3.09. The lowest BCUT2D eigenvalue weighted by Gasteiger charge is -2.27. The number of hydrogen-bond acceptors (Lipinski definition) is 6. The largest absolute Gasteiger partial charge is 0.347 e. The summed E-state index contributed by atoms with van der Waals surface area (Å²) in [6.07, 6.45) is 3.54. The number of aromatic nitrogens is 3. The zero-order chi connectivity index (χ0) is 20.1. The Kier molecular flexibility index (Phi) is 6.28. The van der Waals surface area contributed by atoms with Gasteiger partial charge in [0.25, 0.3) is 0 Å². The zero-order valence-electron chi connectivity index (χ0n) is 17.1. The third kappa shape index (κ3) is 5.09. The molecule has 1 aromatic carbocycles. The van der Waals surface area contributed by atoms with Crippen molar-refractivity contribution in [2.45, 2.75) is 39.7 Å². The van der Waals surface area contributed by atoms with E-state index in [9.17, 15) is 4.79 Å². The lowest BCUT2D eigenvalue weighted by Crippen LogP contribution is -2.33. The quantitative estimate of drug-likeness (QED) is 0.826. The van der Waals surface area contributed by atoms with Crippen LogP contribution in [0.4, 0.5) is 22.4 Å². The van der Waals surface area contributed by atoms with Gasteiger partial charge in [0.05, 0.1) is 6.54 Å². The van der Waals surface area contributed by atoms with Crippen molar-refractivity contribution in [2.75, 3.05) is 42.3 Å². The highest BCUT2D eigenvalue weighted by molar-refractivity contribution is 5.89. The number of piperidine rings is 1. The Balaban J connectivity index is 1.67. The molecule has 1 fully saturated rings. The van der Waals surface area contributed by atoms with Crippen LogP contribution in [-0.2, 0) is 6.54 Å². The van der Waals surface area contributed by atoms with Crippen LogP contribution in [0.3, 0.4) is 0 Å². The second kappa shape index (κ2) is 8.86.